The van der Waals surface area contributed by atoms with Gasteiger partial charge in [-0.25, -0.2) is 9.37 Å². The maximum Gasteiger partial charge on any atom is 0.262 e. The molecule has 0 bridgehead atoms. The maximum absolute atomic E-state index is 13.6. The molecule has 0 atom stereocenters. The van der Waals surface area contributed by atoms with Gasteiger partial charge < -0.3 is 5.32 Å². The van der Waals surface area contributed by atoms with Gasteiger partial charge in [0.25, 0.3) is 11.5 Å². The third-order valence-electron chi connectivity index (χ3n) is 5.44. The molecule has 1 amide bonds. The summed E-state index contributed by atoms with van der Waals surface area (Å²) in [5.74, 6) is -0.0147. The Balaban J connectivity index is 1.70. The molecule has 5 nitrogen and oxygen atoms in total. The van der Waals surface area contributed by atoms with E-state index in [1.807, 2.05) is 43.3 Å². The van der Waals surface area contributed by atoms with E-state index >= 15 is 0 Å². The lowest BCUT2D eigenvalue weighted by atomic mass is 10.1. The number of halogens is 1. The lowest BCUT2D eigenvalue weighted by molar-refractivity contribution is 0.0953. The molecular weight excluding hydrogens is 449 g/mol. The van der Waals surface area contributed by atoms with E-state index in [1.54, 1.807) is 28.8 Å². The highest BCUT2D eigenvalue weighted by Gasteiger charge is 2.15. The van der Waals surface area contributed by atoms with E-state index in [1.165, 1.54) is 23.9 Å². The van der Waals surface area contributed by atoms with Crippen LogP contribution in [0.2, 0.25) is 0 Å². The van der Waals surface area contributed by atoms with Crippen LogP contribution in [-0.4, -0.2) is 22.0 Å². The zero-order chi connectivity index (χ0) is 23.9. The van der Waals surface area contributed by atoms with Crippen LogP contribution < -0.4 is 10.9 Å². The summed E-state index contributed by atoms with van der Waals surface area (Å²) in [4.78, 5) is 30.6. The fourth-order valence-corrected chi connectivity index (χ4v) is 4.62. The highest BCUT2D eigenvalue weighted by Crippen LogP contribution is 2.23. The molecular formula is C27H26FN3O2S. The topological polar surface area (TPSA) is 64.0 Å². The Morgan fingerprint density at radius 2 is 1.82 bits per heavy atom. The van der Waals surface area contributed by atoms with Crippen LogP contribution in [0.4, 0.5) is 4.39 Å². The van der Waals surface area contributed by atoms with Gasteiger partial charge in [0.05, 0.1) is 10.9 Å². The Morgan fingerprint density at radius 1 is 1.03 bits per heavy atom. The van der Waals surface area contributed by atoms with Crippen molar-refractivity contribution in [3.8, 4) is 0 Å². The number of nitrogens with one attached hydrogen (secondary N) is 1. The van der Waals surface area contributed by atoms with Gasteiger partial charge in [-0.2, -0.15) is 0 Å². The first-order valence-corrected chi connectivity index (χ1v) is 12.3. The Kier molecular flexibility index (Phi) is 7.75. The van der Waals surface area contributed by atoms with E-state index in [4.69, 9.17) is 4.98 Å². The van der Waals surface area contributed by atoms with Crippen molar-refractivity contribution in [1.82, 2.24) is 14.9 Å². The molecule has 1 N–H and O–H groups in total. The van der Waals surface area contributed by atoms with Gasteiger partial charge in [0.15, 0.2) is 5.16 Å². The van der Waals surface area contributed by atoms with Crippen LogP contribution in [0.5, 0.6) is 0 Å². The second-order valence-corrected chi connectivity index (χ2v) is 8.94. The monoisotopic (exact) mass is 475 g/mol. The minimum atomic E-state index is -0.297. The van der Waals surface area contributed by atoms with Crippen molar-refractivity contribution < 1.29 is 9.18 Å². The van der Waals surface area contributed by atoms with Gasteiger partial charge in [-0.05, 0) is 54.3 Å². The number of fused-ring (bicyclic) bond motifs is 1. The molecule has 3 aromatic carbocycles. The van der Waals surface area contributed by atoms with Crippen molar-refractivity contribution >= 4 is 28.6 Å². The van der Waals surface area contributed by atoms with E-state index in [2.05, 4.69) is 5.32 Å². The second kappa shape index (κ2) is 11.1. The molecule has 0 fully saturated rings. The van der Waals surface area contributed by atoms with E-state index in [9.17, 15) is 14.0 Å². The van der Waals surface area contributed by atoms with Gasteiger partial charge in [0.2, 0.25) is 0 Å². The zero-order valence-corrected chi connectivity index (χ0v) is 19.8. The molecule has 1 aromatic heterocycles. The smallest absolute Gasteiger partial charge is 0.262 e. The van der Waals surface area contributed by atoms with Crippen LogP contribution >= 0.6 is 11.8 Å². The number of amides is 1. The molecule has 0 saturated carbocycles. The maximum atomic E-state index is 13.6. The summed E-state index contributed by atoms with van der Waals surface area (Å²) in [5, 5.41) is 3.87. The fourth-order valence-electron chi connectivity index (χ4n) is 3.65. The van der Waals surface area contributed by atoms with Gasteiger partial charge in [-0.1, -0.05) is 61.2 Å². The number of aromatic nitrogens is 2. The van der Waals surface area contributed by atoms with E-state index in [0.29, 0.717) is 46.9 Å². The predicted octanol–water partition coefficient (Wildman–Crippen LogP) is 5.21. The summed E-state index contributed by atoms with van der Waals surface area (Å²) in [7, 11) is 0. The first-order chi connectivity index (χ1) is 16.5. The minimum Gasteiger partial charge on any atom is -0.352 e. The quantitative estimate of drug-likeness (QED) is 0.267. The first kappa shape index (κ1) is 23.7. The molecule has 0 unspecified atom stereocenters. The molecule has 7 heteroatoms. The molecule has 174 valence electrons. The SMILES string of the molecule is CCCNC(=O)c1ccc2c(=O)n(CCc3ccccc3)c(SCc3cccc(F)c3)nc2c1. The number of carbonyl (C=O) groups is 1. The Morgan fingerprint density at radius 3 is 2.59 bits per heavy atom. The van der Waals surface area contributed by atoms with Gasteiger partial charge in [0, 0.05) is 24.4 Å². The average molecular weight is 476 g/mol. The molecule has 4 rings (SSSR count). The van der Waals surface area contributed by atoms with Gasteiger partial charge >= 0.3 is 0 Å². The van der Waals surface area contributed by atoms with Crippen molar-refractivity contribution in [2.45, 2.75) is 37.2 Å². The lowest BCUT2D eigenvalue weighted by Crippen LogP contribution is -2.26. The molecule has 0 radical (unpaired) electrons. The summed E-state index contributed by atoms with van der Waals surface area (Å²) >= 11 is 1.39. The third kappa shape index (κ3) is 5.72. The van der Waals surface area contributed by atoms with E-state index in [0.717, 1.165) is 17.5 Å². The molecule has 0 aliphatic heterocycles. The van der Waals surface area contributed by atoms with Gasteiger partial charge in [-0.15, -0.1) is 0 Å². The minimum absolute atomic E-state index is 0.150. The summed E-state index contributed by atoms with van der Waals surface area (Å²) in [5.41, 5.74) is 2.73. The van der Waals surface area contributed by atoms with Crippen LogP contribution in [0, 0.1) is 5.82 Å². The molecule has 0 aliphatic rings. The summed E-state index contributed by atoms with van der Waals surface area (Å²) in [6.45, 7) is 3.04. The van der Waals surface area contributed by atoms with Crippen molar-refractivity contribution in [3.05, 3.63) is 106 Å². The Bertz CT molecular complexity index is 1360. The van der Waals surface area contributed by atoms with Crippen LogP contribution in [0.25, 0.3) is 10.9 Å². The number of hydrogen-bond acceptors (Lipinski definition) is 4. The molecule has 0 spiro atoms. The number of aryl methyl sites for hydroxylation is 1. The fraction of sp³-hybridized carbons (Fsp3) is 0.222. The number of hydrogen-bond donors (Lipinski definition) is 1. The molecule has 1 heterocycles. The predicted molar refractivity (Wildman–Crippen MR) is 135 cm³/mol. The van der Waals surface area contributed by atoms with Crippen LogP contribution in [0.3, 0.4) is 0 Å². The number of rotatable bonds is 9. The number of benzene rings is 3. The van der Waals surface area contributed by atoms with Crippen molar-refractivity contribution in [2.24, 2.45) is 0 Å². The standard InChI is InChI=1S/C27H26FN3O2S/c1-2-14-29-25(32)21-11-12-23-24(17-21)30-27(34-18-20-9-6-10-22(28)16-20)31(26(23)33)15-13-19-7-4-3-5-8-19/h3-12,16-17H,2,13-15,18H2,1H3,(H,29,32). The highest BCUT2D eigenvalue weighted by atomic mass is 32.2. The molecule has 0 saturated heterocycles. The summed E-state index contributed by atoms with van der Waals surface area (Å²) in [6, 6.07) is 21.4. The molecule has 4 aromatic rings. The Hall–Kier alpha value is -3.45. The van der Waals surface area contributed by atoms with Crippen LogP contribution in [-0.2, 0) is 18.7 Å². The van der Waals surface area contributed by atoms with Gasteiger partial charge in [-0.3, -0.25) is 14.2 Å². The Labute approximate surface area is 202 Å². The van der Waals surface area contributed by atoms with Crippen molar-refractivity contribution in [3.63, 3.8) is 0 Å². The van der Waals surface area contributed by atoms with Crippen LogP contribution in [0.1, 0.15) is 34.8 Å². The lowest BCUT2D eigenvalue weighted by Gasteiger charge is -2.14. The normalized spacial score (nSPS) is 11.0. The van der Waals surface area contributed by atoms with Crippen molar-refractivity contribution in [2.75, 3.05) is 6.54 Å². The van der Waals surface area contributed by atoms with Crippen molar-refractivity contribution in [1.29, 1.82) is 0 Å². The summed E-state index contributed by atoms with van der Waals surface area (Å²) in [6.07, 6.45) is 1.52. The van der Waals surface area contributed by atoms with Gasteiger partial charge in [0.1, 0.15) is 5.82 Å². The van der Waals surface area contributed by atoms with Crippen LogP contribution in [0.15, 0.2) is 82.7 Å². The number of thioether (sulfide) groups is 1. The molecule has 0 aliphatic carbocycles. The first-order valence-electron chi connectivity index (χ1n) is 11.3. The number of nitrogens with zero attached hydrogens (tertiary/aromatic N) is 2. The largest absolute Gasteiger partial charge is 0.352 e. The second-order valence-electron chi connectivity index (χ2n) is 7.99. The molecule has 34 heavy (non-hydrogen) atoms. The zero-order valence-electron chi connectivity index (χ0n) is 19.0. The van der Waals surface area contributed by atoms with E-state index < -0.39 is 0 Å². The van der Waals surface area contributed by atoms with E-state index in [-0.39, 0.29) is 17.3 Å². The third-order valence-corrected chi connectivity index (χ3v) is 6.49. The average Bonchev–Trinajstić information content (AvgIpc) is 2.86. The number of carbonyl (C=O) groups excluding carboxylic acids is 1. The summed E-state index contributed by atoms with van der Waals surface area (Å²) < 4.78 is 15.3. The highest BCUT2D eigenvalue weighted by molar-refractivity contribution is 7.98.